The van der Waals surface area contributed by atoms with E-state index in [4.69, 9.17) is 15.2 Å². The summed E-state index contributed by atoms with van der Waals surface area (Å²) in [7, 11) is 1.45. The van der Waals surface area contributed by atoms with Crippen LogP contribution in [0.5, 0.6) is 11.5 Å². The highest BCUT2D eigenvalue weighted by atomic mass is 19.2. The van der Waals surface area contributed by atoms with Gasteiger partial charge in [0.25, 0.3) is 5.91 Å². The number of halogens is 2. The molecule has 0 aliphatic carbocycles. The third-order valence-corrected chi connectivity index (χ3v) is 4.88. The zero-order valence-electron chi connectivity index (χ0n) is 17.9. The largest absolute Gasteiger partial charge is 0.493 e. The number of carbonyl (C=O) groups excluding carboxylic acids is 2. The SMILES string of the molecule is COc1cc(CNC(=O)C(C(C)C)n2cnc3cc(F)c(F)cc32)ccc1OCC(N)=O. The molecule has 0 bridgehead atoms. The Kier molecular flexibility index (Phi) is 6.92. The molecule has 170 valence electrons. The van der Waals surface area contributed by atoms with Gasteiger partial charge in [0.1, 0.15) is 6.04 Å². The van der Waals surface area contributed by atoms with E-state index in [0.29, 0.717) is 17.0 Å². The minimum absolute atomic E-state index is 0.153. The maximum absolute atomic E-state index is 13.8. The molecular weight excluding hydrogens is 422 g/mol. The summed E-state index contributed by atoms with van der Waals surface area (Å²) in [5.74, 6) is -2.34. The molecule has 3 N–H and O–H groups in total. The molecule has 0 aliphatic rings. The number of ether oxygens (including phenoxy) is 2. The number of amides is 2. The van der Waals surface area contributed by atoms with Crippen LogP contribution in [0.15, 0.2) is 36.7 Å². The van der Waals surface area contributed by atoms with Gasteiger partial charge in [-0.2, -0.15) is 0 Å². The lowest BCUT2D eigenvalue weighted by molar-refractivity contribution is -0.125. The molecule has 8 nitrogen and oxygen atoms in total. The molecule has 0 saturated heterocycles. The third-order valence-electron chi connectivity index (χ3n) is 4.88. The predicted molar refractivity (Wildman–Crippen MR) is 113 cm³/mol. The Morgan fingerprint density at radius 2 is 1.88 bits per heavy atom. The fourth-order valence-corrected chi connectivity index (χ4v) is 3.38. The van der Waals surface area contributed by atoms with Gasteiger partial charge >= 0.3 is 0 Å². The van der Waals surface area contributed by atoms with Crippen molar-refractivity contribution in [2.45, 2.75) is 26.4 Å². The zero-order valence-corrected chi connectivity index (χ0v) is 17.9. The van der Waals surface area contributed by atoms with Gasteiger partial charge in [-0.15, -0.1) is 0 Å². The molecule has 1 atom stereocenters. The van der Waals surface area contributed by atoms with Crippen LogP contribution in [-0.4, -0.2) is 35.1 Å². The van der Waals surface area contributed by atoms with Gasteiger partial charge in [0.15, 0.2) is 29.7 Å². The summed E-state index contributed by atoms with van der Waals surface area (Å²) >= 11 is 0. The fraction of sp³-hybridized carbons (Fsp3) is 0.318. The summed E-state index contributed by atoms with van der Waals surface area (Å²) in [6.45, 7) is 3.60. The van der Waals surface area contributed by atoms with Crippen LogP contribution in [0, 0.1) is 17.6 Å². The van der Waals surface area contributed by atoms with Gasteiger partial charge in [0.05, 0.1) is 24.5 Å². The van der Waals surface area contributed by atoms with Crippen LogP contribution >= 0.6 is 0 Å². The second-order valence-electron chi connectivity index (χ2n) is 7.55. The van der Waals surface area contributed by atoms with E-state index in [9.17, 15) is 18.4 Å². The number of carbonyl (C=O) groups is 2. The van der Waals surface area contributed by atoms with E-state index in [0.717, 1.165) is 17.7 Å². The summed E-state index contributed by atoms with van der Waals surface area (Å²) < 4.78 is 39.4. The lowest BCUT2D eigenvalue weighted by atomic mass is 10.0. The Morgan fingerprint density at radius 1 is 1.16 bits per heavy atom. The van der Waals surface area contributed by atoms with Gasteiger partial charge in [-0.25, -0.2) is 13.8 Å². The Hall–Kier alpha value is -3.69. The van der Waals surface area contributed by atoms with Crippen molar-refractivity contribution in [3.8, 4) is 11.5 Å². The molecule has 3 aromatic rings. The third kappa shape index (κ3) is 4.96. The highest BCUT2D eigenvalue weighted by molar-refractivity contribution is 5.84. The lowest BCUT2D eigenvalue weighted by Crippen LogP contribution is -2.34. The molecule has 1 aromatic heterocycles. The molecule has 1 heterocycles. The summed E-state index contributed by atoms with van der Waals surface area (Å²) in [6, 6.07) is 6.36. The van der Waals surface area contributed by atoms with Crippen LogP contribution in [0.2, 0.25) is 0 Å². The number of benzene rings is 2. The van der Waals surface area contributed by atoms with Crippen LogP contribution in [0.1, 0.15) is 25.5 Å². The number of hydrogen-bond acceptors (Lipinski definition) is 5. The Morgan fingerprint density at radius 3 is 2.53 bits per heavy atom. The first-order valence-corrected chi connectivity index (χ1v) is 9.88. The first-order valence-electron chi connectivity index (χ1n) is 9.88. The summed E-state index contributed by atoms with van der Waals surface area (Å²) in [5, 5.41) is 2.85. The molecule has 2 amide bonds. The van der Waals surface area contributed by atoms with Crippen molar-refractivity contribution >= 4 is 22.8 Å². The highest BCUT2D eigenvalue weighted by Gasteiger charge is 2.26. The fourth-order valence-electron chi connectivity index (χ4n) is 3.38. The zero-order chi connectivity index (χ0) is 23.4. The van der Waals surface area contributed by atoms with Crippen LogP contribution in [0.4, 0.5) is 8.78 Å². The number of imidazole rings is 1. The molecule has 0 fully saturated rings. The number of nitrogens with two attached hydrogens (primary N) is 1. The van der Waals surface area contributed by atoms with Gasteiger partial charge in [-0.05, 0) is 23.6 Å². The number of rotatable bonds is 9. The molecule has 2 aromatic carbocycles. The maximum Gasteiger partial charge on any atom is 0.255 e. The van der Waals surface area contributed by atoms with Gasteiger partial charge in [-0.1, -0.05) is 19.9 Å². The Labute approximate surface area is 183 Å². The minimum atomic E-state index is -1.01. The van der Waals surface area contributed by atoms with E-state index in [1.807, 2.05) is 13.8 Å². The van der Waals surface area contributed by atoms with Gasteiger partial charge < -0.3 is 25.1 Å². The minimum Gasteiger partial charge on any atom is -0.493 e. The van der Waals surface area contributed by atoms with Crippen molar-refractivity contribution in [1.29, 1.82) is 0 Å². The molecule has 32 heavy (non-hydrogen) atoms. The van der Waals surface area contributed by atoms with Crippen molar-refractivity contribution in [1.82, 2.24) is 14.9 Å². The van der Waals surface area contributed by atoms with Crippen LogP contribution in [0.25, 0.3) is 11.0 Å². The van der Waals surface area contributed by atoms with Crippen molar-refractivity contribution in [2.24, 2.45) is 11.7 Å². The van der Waals surface area contributed by atoms with E-state index < -0.39 is 23.6 Å². The first kappa shape index (κ1) is 23.0. The number of methoxy groups -OCH3 is 1. The summed E-state index contributed by atoms with van der Waals surface area (Å²) in [4.78, 5) is 28.0. The molecule has 3 rings (SSSR count). The van der Waals surface area contributed by atoms with E-state index in [-0.39, 0.29) is 30.5 Å². The number of aromatic nitrogens is 2. The van der Waals surface area contributed by atoms with Crippen molar-refractivity contribution < 1.29 is 27.8 Å². The van der Waals surface area contributed by atoms with E-state index >= 15 is 0 Å². The van der Waals surface area contributed by atoms with Crippen LogP contribution in [0.3, 0.4) is 0 Å². The summed E-state index contributed by atoms with van der Waals surface area (Å²) in [6.07, 6.45) is 1.40. The van der Waals surface area contributed by atoms with Gasteiger partial charge in [-0.3, -0.25) is 9.59 Å². The molecule has 0 saturated carbocycles. The summed E-state index contributed by atoms with van der Waals surface area (Å²) in [5.41, 5.74) is 6.41. The molecule has 1 unspecified atom stereocenters. The number of hydrogen-bond donors (Lipinski definition) is 2. The van der Waals surface area contributed by atoms with E-state index in [2.05, 4.69) is 10.3 Å². The normalized spacial score (nSPS) is 12.1. The average Bonchev–Trinajstić information content (AvgIpc) is 3.13. The Balaban J connectivity index is 1.78. The van der Waals surface area contributed by atoms with Gasteiger partial charge in [0.2, 0.25) is 5.91 Å². The van der Waals surface area contributed by atoms with E-state index in [1.54, 1.807) is 22.8 Å². The standard InChI is InChI=1S/C22H24F2N4O4/c1-12(2)21(28-11-27-16-7-14(23)15(24)8-17(16)28)22(30)26-9-13-4-5-18(19(6-13)31-3)32-10-20(25)29/h4-8,11-12,21H,9-10H2,1-3H3,(H2,25,29)(H,26,30). The smallest absolute Gasteiger partial charge is 0.255 e. The van der Waals surface area contributed by atoms with Crippen molar-refractivity contribution in [3.05, 3.63) is 53.9 Å². The molecule has 10 heteroatoms. The van der Waals surface area contributed by atoms with Gasteiger partial charge in [0, 0.05) is 18.7 Å². The first-order chi connectivity index (χ1) is 15.2. The topological polar surface area (TPSA) is 108 Å². The second kappa shape index (κ2) is 9.63. The number of nitrogens with one attached hydrogen (secondary N) is 1. The van der Waals surface area contributed by atoms with Crippen molar-refractivity contribution in [3.63, 3.8) is 0 Å². The highest BCUT2D eigenvalue weighted by Crippen LogP contribution is 2.29. The number of nitrogens with zero attached hydrogens (tertiary/aromatic N) is 2. The monoisotopic (exact) mass is 446 g/mol. The lowest BCUT2D eigenvalue weighted by Gasteiger charge is -2.22. The average molecular weight is 446 g/mol. The quantitative estimate of drug-likeness (QED) is 0.525. The number of fused-ring (bicyclic) bond motifs is 1. The number of primary amides is 1. The molecule has 0 aliphatic heterocycles. The second-order valence-corrected chi connectivity index (χ2v) is 7.55. The van der Waals surface area contributed by atoms with Crippen LogP contribution in [-0.2, 0) is 16.1 Å². The van der Waals surface area contributed by atoms with E-state index in [1.165, 1.54) is 13.4 Å². The Bertz CT molecular complexity index is 1150. The maximum atomic E-state index is 13.8. The molecule has 0 radical (unpaired) electrons. The molecular formula is C22H24F2N4O4. The van der Waals surface area contributed by atoms with Crippen LogP contribution < -0.4 is 20.5 Å². The molecule has 0 spiro atoms. The predicted octanol–water partition coefficient (Wildman–Crippen LogP) is 2.70. The van der Waals surface area contributed by atoms with Crippen molar-refractivity contribution in [2.75, 3.05) is 13.7 Å².